The molecule has 0 aromatic heterocycles. The number of nitrogens with one attached hydrogen (secondary N) is 1. The number of benzene rings is 1. The van der Waals surface area contributed by atoms with Gasteiger partial charge in [-0.3, -0.25) is 0 Å². The minimum absolute atomic E-state index is 0.0532. The smallest absolute Gasteiger partial charge is 0.123 e. The molecule has 1 atom stereocenters. The van der Waals surface area contributed by atoms with Crippen LogP contribution in [0.5, 0.6) is 0 Å². The first-order valence-electron chi connectivity index (χ1n) is 5.90. The van der Waals surface area contributed by atoms with Gasteiger partial charge < -0.3 is 5.32 Å². The first-order chi connectivity index (χ1) is 7.97. The standard InChI is InChI=1S/C14H17FN2/c1-13(2)9-14(10-16,7-8-17-13)11-3-5-12(15)6-4-11/h3-6,17H,7-9H2,1-2H3. The van der Waals surface area contributed by atoms with Crippen molar-refractivity contribution in [2.75, 3.05) is 6.54 Å². The van der Waals surface area contributed by atoms with E-state index in [1.807, 2.05) is 0 Å². The van der Waals surface area contributed by atoms with Gasteiger partial charge >= 0.3 is 0 Å². The van der Waals surface area contributed by atoms with Gasteiger partial charge in [0.2, 0.25) is 0 Å². The van der Waals surface area contributed by atoms with Crippen LogP contribution in [0.2, 0.25) is 0 Å². The van der Waals surface area contributed by atoms with Crippen LogP contribution >= 0.6 is 0 Å². The number of nitriles is 1. The average molecular weight is 232 g/mol. The van der Waals surface area contributed by atoms with Crippen molar-refractivity contribution in [2.45, 2.75) is 37.6 Å². The van der Waals surface area contributed by atoms with Gasteiger partial charge in [-0.15, -0.1) is 0 Å². The molecule has 1 aromatic rings. The van der Waals surface area contributed by atoms with Gasteiger partial charge in [0.25, 0.3) is 0 Å². The Morgan fingerprint density at radius 2 is 1.94 bits per heavy atom. The minimum Gasteiger partial charge on any atom is -0.312 e. The first-order valence-corrected chi connectivity index (χ1v) is 5.90. The molecule has 90 valence electrons. The highest BCUT2D eigenvalue weighted by Gasteiger charge is 2.41. The van der Waals surface area contributed by atoms with Crippen molar-refractivity contribution < 1.29 is 4.39 Å². The predicted molar refractivity (Wildman–Crippen MR) is 65.0 cm³/mol. The van der Waals surface area contributed by atoms with Crippen molar-refractivity contribution >= 4 is 0 Å². The molecule has 1 N–H and O–H groups in total. The van der Waals surface area contributed by atoms with Crippen LogP contribution in [0.25, 0.3) is 0 Å². The Morgan fingerprint density at radius 3 is 2.47 bits per heavy atom. The molecule has 1 aliphatic heterocycles. The Kier molecular flexibility index (Phi) is 2.92. The van der Waals surface area contributed by atoms with Crippen LogP contribution in [0.15, 0.2) is 24.3 Å². The third-order valence-electron chi connectivity index (χ3n) is 3.51. The van der Waals surface area contributed by atoms with Gasteiger partial charge in [-0.25, -0.2) is 4.39 Å². The fourth-order valence-electron chi connectivity index (χ4n) is 2.69. The molecule has 2 nitrogen and oxygen atoms in total. The lowest BCUT2D eigenvalue weighted by molar-refractivity contribution is 0.233. The van der Waals surface area contributed by atoms with Crippen LogP contribution in [0, 0.1) is 17.1 Å². The zero-order valence-electron chi connectivity index (χ0n) is 10.3. The average Bonchev–Trinajstić information content (AvgIpc) is 2.28. The second-order valence-corrected chi connectivity index (χ2v) is 5.44. The summed E-state index contributed by atoms with van der Waals surface area (Å²) >= 11 is 0. The second-order valence-electron chi connectivity index (χ2n) is 5.44. The van der Waals surface area contributed by atoms with Crippen molar-refractivity contribution in [1.82, 2.24) is 5.32 Å². The number of hydrogen-bond acceptors (Lipinski definition) is 2. The number of nitrogens with zero attached hydrogens (tertiary/aromatic N) is 1. The van der Waals surface area contributed by atoms with E-state index in [-0.39, 0.29) is 11.4 Å². The monoisotopic (exact) mass is 232 g/mol. The Bertz CT molecular complexity index is 444. The highest BCUT2D eigenvalue weighted by molar-refractivity contribution is 5.34. The van der Waals surface area contributed by atoms with E-state index in [4.69, 9.17) is 0 Å². The van der Waals surface area contributed by atoms with Crippen LogP contribution in [0.4, 0.5) is 4.39 Å². The van der Waals surface area contributed by atoms with E-state index in [1.54, 1.807) is 12.1 Å². The van der Waals surface area contributed by atoms with E-state index in [9.17, 15) is 9.65 Å². The van der Waals surface area contributed by atoms with Gasteiger partial charge in [0, 0.05) is 5.54 Å². The van der Waals surface area contributed by atoms with Gasteiger partial charge in [-0.05, 0) is 50.9 Å². The molecule has 0 radical (unpaired) electrons. The van der Waals surface area contributed by atoms with Crippen molar-refractivity contribution in [1.29, 1.82) is 5.26 Å². The van der Waals surface area contributed by atoms with Crippen molar-refractivity contribution in [2.24, 2.45) is 0 Å². The summed E-state index contributed by atoms with van der Waals surface area (Å²) in [5, 5.41) is 12.9. The molecule has 1 saturated heterocycles. The predicted octanol–water partition coefficient (Wildman–Crippen LogP) is 2.75. The van der Waals surface area contributed by atoms with Crippen molar-refractivity contribution in [3.8, 4) is 6.07 Å². The van der Waals surface area contributed by atoms with Crippen LogP contribution in [-0.2, 0) is 5.41 Å². The molecule has 1 unspecified atom stereocenters. The SMILES string of the molecule is CC1(C)CC(C#N)(c2ccc(F)cc2)CCN1. The number of rotatable bonds is 1. The third-order valence-corrected chi connectivity index (χ3v) is 3.51. The molecule has 3 heteroatoms. The molecule has 0 amide bonds. The van der Waals surface area contributed by atoms with E-state index >= 15 is 0 Å². The normalized spacial score (nSPS) is 27.4. The highest BCUT2D eigenvalue weighted by atomic mass is 19.1. The van der Waals surface area contributed by atoms with Crippen molar-refractivity contribution in [3.63, 3.8) is 0 Å². The molecular formula is C14H17FN2. The van der Waals surface area contributed by atoms with E-state index < -0.39 is 5.41 Å². The summed E-state index contributed by atoms with van der Waals surface area (Å²) in [5.41, 5.74) is 0.390. The summed E-state index contributed by atoms with van der Waals surface area (Å²) in [5.74, 6) is -0.255. The molecule has 1 heterocycles. The van der Waals surface area contributed by atoms with Crippen LogP contribution < -0.4 is 5.32 Å². The summed E-state index contributed by atoms with van der Waals surface area (Å²) in [7, 11) is 0. The summed E-state index contributed by atoms with van der Waals surface area (Å²) in [4.78, 5) is 0. The molecule has 1 aliphatic rings. The summed E-state index contributed by atoms with van der Waals surface area (Å²) < 4.78 is 12.9. The molecule has 0 saturated carbocycles. The number of piperidine rings is 1. The van der Waals surface area contributed by atoms with Crippen LogP contribution in [-0.4, -0.2) is 12.1 Å². The maximum absolute atomic E-state index is 12.9. The van der Waals surface area contributed by atoms with Gasteiger partial charge in [0.15, 0.2) is 0 Å². The van der Waals surface area contributed by atoms with Crippen molar-refractivity contribution in [3.05, 3.63) is 35.6 Å². The molecule has 1 fully saturated rings. The molecule has 0 spiro atoms. The molecular weight excluding hydrogens is 215 g/mol. The molecule has 17 heavy (non-hydrogen) atoms. The largest absolute Gasteiger partial charge is 0.312 e. The van der Waals surface area contributed by atoms with E-state index in [0.29, 0.717) is 0 Å². The lowest BCUT2D eigenvalue weighted by Crippen LogP contribution is -2.52. The number of halogens is 1. The van der Waals surface area contributed by atoms with E-state index in [0.717, 1.165) is 24.9 Å². The summed E-state index contributed by atoms with van der Waals surface area (Å²) in [6.07, 6.45) is 1.53. The van der Waals surface area contributed by atoms with Crippen LogP contribution in [0.1, 0.15) is 32.3 Å². The second kappa shape index (κ2) is 4.12. The number of hydrogen-bond donors (Lipinski definition) is 1. The lowest BCUT2D eigenvalue weighted by Gasteiger charge is -2.41. The zero-order valence-corrected chi connectivity index (χ0v) is 10.3. The fraction of sp³-hybridized carbons (Fsp3) is 0.500. The Hall–Kier alpha value is -1.40. The van der Waals surface area contributed by atoms with E-state index in [1.165, 1.54) is 12.1 Å². The van der Waals surface area contributed by atoms with Gasteiger partial charge in [0.1, 0.15) is 5.82 Å². The molecule has 0 bridgehead atoms. The van der Waals surface area contributed by atoms with Gasteiger partial charge in [0.05, 0.1) is 11.5 Å². The van der Waals surface area contributed by atoms with Gasteiger partial charge in [-0.1, -0.05) is 12.1 Å². The third kappa shape index (κ3) is 2.32. The quantitative estimate of drug-likeness (QED) is 0.808. The van der Waals surface area contributed by atoms with E-state index in [2.05, 4.69) is 25.2 Å². The Balaban J connectivity index is 2.38. The molecule has 2 rings (SSSR count). The molecule has 0 aliphatic carbocycles. The fourth-order valence-corrected chi connectivity index (χ4v) is 2.69. The topological polar surface area (TPSA) is 35.8 Å². The maximum Gasteiger partial charge on any atom is 0.123 e. The first kappa shape index (κ1) is 12.1. The van der Waals surface area contributed by atoms with Crippen LogP contribution in [0.3, 0.4) is 0 Å². The molecule has 1 aromatic carbocycles. The summed E-state index contributed by atoms with van der Waals surface area (Å²) in [6, 6.07) is 8.79. The lowest BCUT2D eigenvalue weighted by atomic mass is 9.68. The summed E-state index contributed by atoms with van der Waals surface area (Å²) in [6.45, 7) is 5.02. The highest BCUT2D eigenvalue weighted by Crippen LogP contribution is 2.38. The maximum atomic E-state index is 12.9. The Morgan fingerprint density at radius 1 is 1.29 bits per heavy atom. The minimum atomic E-state index is -0.484. The van der Waals surface area contributed by atoms with Gasteiger partial charge in [-0.2, -0.15) is 5.26 Å². The zero-order chi connectivity index (χ0) is 12.5. The Labute approximate surface area is 101 Å².